The highest BCUT2D eigenvalue weighted by Crippen LogP contribution is 2.32. The maximum Gasteiger partial charge on any atom is 0.258 e. The van der Waals surface area contributed by atoms with E-state index in [9.17, 15) is 9.59 Å². The molecular formula is C30H26N2O2. The second kappa shape index (κ2) is 8.99. The topological polar surface area (TPSA) is 49.4 Å². The number of hydrogen-bond donors (Lipinski definition) is 1. The van der Waals surface area contributed by atoms with Gasteiger partial charge in [-0.05, 0) is 78.4 Å². The highest BCUT2D eigenvalue weighted by Gasteiger charge is 2.25. The lowest BCUT2D eigenvalue weighted by molar-refractivity contribution is 0.0983. The first-order chi connectivity index (χ1) is 16.5. The quantitative estimate of drug-likeness (QED) is 0.401. The van der Waals surface area contributed by atoms with E-state index in [4.69, 9.17) is 0 Å². The Morgan fingerprint density at radius 3 is 2.15 bits per heavy atom. The highest BCUT2D eigenvalue weighted by molar-refractivity contribution is 6.09. The Labute approximate surface area is 199 Å². The molecule has 0 unspecified atom stereocenters. The van der Waals surface area contributed by atoms with Crippen LogP contribution in [0.25, 0.3) is 0 Å². The van der Waals surface area contributed by atoms with Crippen molar-refractivity contribution in [2.45, 2.75) is 26.8 Å². The molecule has 2 amide bonds. The van der Waals surface area contributed by atoms with E-state index in [1.54, 1.807) is 6.07 Å². The number of amides is 2. The maximum absolute atomic E-state index is 13.8. The van der Waals surface area contributed by atoms with Crippen molar-refractivity contribution in [3.8, 4) is 0 Å². The summed E-state index contributed by atoms with van der Waals surface area (Å²) in [5.74, 6) is -0.201. The van der Waals surface area contributed by atoms with Gasteiger partial charge >= 0.3 is 0 Å². The summed E-state index contributed by atoms with van der Waals surface area (Å²) in [4.78, 5) is 28.4. The lowest BCUT2D eigenvalue weighted by Crippen LogP contribution is -2.31. The zero-order valence-corrected chi connectivity index (χ0v) is 19.3. The number of fused-ring (bicyclic) bond motifs is 2. The monoisotopic (exact) mass is 446 g/mol. The van der Waals surface area contributed by atoms with Crippen LogP contribution in [0.4, 0.5) is 11.4 Å². The largest absolute Gasteiger partial charge is 0.322 e. The van der Waals surface area contributed by atoms with Crippen LogP contribution >= 0.6 is 0 Å². The third-order valence-corrected chi connectivity index (χ3v) is 6.46. The molecule has 0 bridgehead atoms. The summed E-state index contributed by atoms with van der Waals surface area (Å²) in [6.45, 7) is 4.35. The van der Waals surface area contributed by atoms with Gasteiger partial charge in [0, 0.05) is 22.5 Å². The smallest absolute Gasteiger partial charge is 0.258 e. The van der Waals surface area contributed by atoms with Crippen LogP contribution in [-0.4, -0.2) is 11.8 Å². The van der Waals surface area contributed by atoms with E-state index in [0.717, 1.165) is 34.4 Å². The minimum atomic E-state index is -0.158. The third-order valence-electron chi connectivity index (χ3n) is 6.46. The van der Waals surface area contributed by atoms with Crippen LogP contribution < -0.4 is 10.2 Å². The van der Waals surface area contributed by atoms with Gasteiger partial charge in [0.25, 0.3) is 11.8 Å². The first-order valence-electron chi connectivity index (χ1n) is 11.5. The van der Waals surface area contributed by atoms with Gasteiger partial charge < -0.3 is 10.2 Å². The molecule has 0 fully saturated rings. The van der Waals surface area contributed by atoms with Crippen LogP contribution in [0.5, 0.6) is 0 Å². The molecular weight excluding hydrogens is 420 g/mol. The summed E-state index contributed by atoms with van der Waals surface area (Å²) >= 11 is 0. The average Bonchev–Trinajstić information content (AvgIpc) is 3.01. The van der Waals surface area contributed by atoms with Gasteiger partial charge in [-0.25, -0.2) is 0 Å². The number of nitrogens with zero attached hydrogens (tertiary/aromatic N) is 1. The van der Waals surface area contributed by atoms with Gasteiger partial charge in [-0.15, -0.1) is 0 Å². The number of aryl methyl sites for hydroxylation is 2. The van der Waals surface area contributed by atoms with E-state index >= 15 is 0 Å². The van der Waals surface area contributed by atoms with Gasteiger partial charge in [-0.1, -0.05) is 60.7 Å². The molecule has 4 nitrogen and oxygen atoms in total. The first kappa shape index (κ1) is 21.7. The van der Waals surface area contributed by atoms with Crippen molar-refractivity contribution in [3.63, 3.8) is 0 Å². The number of carbonyl (C=O) groups excluding carboxylic acids is 2. The number of benzene rings is 4. The maximum atomic E-state index is 13.8. The molecule has 0 radical (unpaired) electrons. The Morgan fingerprint density at radius 1 is 0.706 bits per heavy atom. The Kier molecular flexibility index (Phi) is 5.72. The number of para-hydroxylation sites is 1. The van der Waals surface area contributed by atoms with Gasteiger partial charge in [0.15, 0.2) is 0 Å². The average molecular weight is 447 g/mol. The van der Waals surface area contributed by atoms with Crippen molar-refractivity contribution in [2.75, 3.05) is 10.2 Å². The lowest BCUT2D eigenvalue weighted by atomic mass is 10.0. The van der Waals surface area contributed by atoms with Crippen LogP contribution in [0, 0.1) is 13.8 Å². The number of hydrogen-bond acceptors (Lipinski definition) is 2. The summed E-state index contributed by atoms with van der Waals surface area (Å²) in [7, 11) is 0. The third kappa shape index (κ3) is 4.11. The van der Waals surface area contributed by atoms with Crippen LogP contribution in [-0.2, 0) is 13.0 Å². The zero-order chi connectivity index (χ0) is 23.7. The van der Waals surface area contributed by atoms with E-state index in [1.807, 2.05) is 85.5 Å². The molecule has 0 atom stereocenters. The van der Waals surface area contributed by atoms with Crippen molar-refractivity contribution < 1.29 is 9.59 Å². The molecule has 0 aliphatic carbocycles. The Balaban J connectivity index is 1.45. The second-order valence-electron chi connectivity index (χ2n) is 8.76. The van der Waals surface area contributed by atoms with Crippen LogP contribution in [0.3, 0.4) is 0 Å². The standard InChI is InChI=1S/C30H26N2O2/c1-20-9-3-7-13-26(20)29(33)31-25-15-16-27(21(2)17-25)30(34)32-19-24-12-5-4-10-22(24)18-23-11-6-8-14-28(23)32/h3-17H,18-19H2,1-2H3,(H,31,33). The molecule has 0 aromatic heterocycles. The fourth-order valence-electron chi connectivity index (χ4n) is 4.60. The van der Waals surface area contributed by atoms with Crippen LogP contribution in [0.1, 0.15) is 48.5 Å². The van der Waals surface area contributed by atoms with Crippen LogP contribution in [0.15, 0.2) is 91.0 Å². The first-order valence-corrected chi connectivity index (χ1v) is 11.5. The molecule has 4 heteroatoms. The molecule has 0 saturated carbocycles. The van der Waals surface area contributed by atoms with Crippen molar-refractivity contribution in [3.05, 3.63) is 130 Å². The summed E-state index contributed by atoms with van der Waals surface area (Å²) in [5.41, 5.74) is 8.17. The number of rotatable bonds is 3. The molecule has 4 aromatic carbocycles. The van der Waals surface area contributed by atoms with Crippen molar-refractivity contribution in [1.82, 2.24) is 0 Å². The summed E-state index contributed by atoms with van der Waals surface area (Å²) in [6.07, 6.45) is 0.805. The molecule has 1 aliphatic heterocycles. The number of anilines is 2. The minimum Gasteiger partial charge on any atom is -0.322 e. The predicted octanol–water partition coefficient (Wildman–Crippen LogP) is 6.31. The molecule has 168 valence electrons. The summed E-state index contributed by atoms with van der Waals surface area (Å²) in [5, 5.41) is 2.96. The molecule has 5 rings (SSSR count). The molecule has 4 aromatic rings. The van der Waals surface area contributed by atoms with Gasteiger partial charge in [-0.2, -0.15) is 0 Å². The Bertz CT molecular complexity index is 1410. The molecule has 1 heterocycles. The Morgan fingerprint density at radius 2 is 1.38 bits per heavy atom. The fourth-order valence-corrected chi connectivity index (χ4v) is 4.60. The van der Waals surface area contributed by atoms with E-state index in [1.165, 1.54) is 5.56 Å². The normalized spacial score (nSPS) is 12.4. The molecule has 34 heavy (non-hydrogen) atoms. The Hall–Kier alpha value is -4.18. The van der Waals surface area contributed by atoms with E-state index in [2.05, 4.69) is 23.5 Å². The van der Waals surface area contributed by atoms with Gasteiger partial charge in [0.05, 0.1) is 6.54 Å². The van der Waals surface area contributed by atoms with Gasteiger partial charge in [0.1, 0.15) is 0 Å². The lowest BCUT2D eigenvalue weighted by Gasteiger charge is -2.24. The summed E-state index contributed by atoms with van der Waals surface area (Å²) in [6, 6.07) is 29.4. The van der Waals surface area contributed by atoms with Gasteiger partial charge in [0.2, 0.25) is 0 Å². The molecule has 0 spiro atoms. The second-order valence-corrected chi connectivity index (χ2v) is 8.76. The van der Waals surface area contributed by atoms with E-state index in [0.29, 0.717) is 23.4 Å². The SMILES string of the molecule is Cc1ccccc1C(=O)Nc1ccc(C(=O)N2Cc3ccccc3Cc3ccccc32)c(C)c1. The zero-order valence-electron chi connectivity index (χ0n) is 19.3. The molecule has 0 saturated heterocycles. The minimum absolute atomic E-state index is 0.0431. The van der Waals surface area contributed by atoms with Crippen LogP contribution in [0.2, 0.25) is 0 Å². The van der Waals surface area contributed by atoms with Crippen molar-refractivity contribution in [1.29, 1.82) is 0 Å². The van der Waals surface area contributed by atoms with Crippen molar-refractivity contribution >= 4 is 23.2 Å². The fraction of sp³-hybridized carbons (Fsp3) is 0.133. The molecule has 1 aliphatic rings. The number of nitrogens with one attached hydrogen (secondary N) is 1. The van der Waals surface area contributed by atoms with Gasteiger partial charge in [-0.3, -0.25) is 9.59 Å². The predicted molar refractivity (Wildman–Crippen MR) is 137 cm³/mol. The molecule has 1 N–H and O–H groups in total. The summed E-state index contributed by atoms with van der Waals surface area (Å²) < 4.78 is 0. The van der Waals surface area contributed by atoms with E-state index in [-0.39, 0.29) is 11.8 Å². The highest BCUT2D eigenvalue weighted by atomic mass is 16.2. The number of carbonyl (C=O) groups is 2. The van der Waals surface area contributed by atoms with Crippen molar-refractivity contribution in [2.24, 2.45) is 0 Å². The van der Waals surface area contributed by atoms with E-state index < -0.39 is 0 Å².